The third-order valence-corrected chi connectivity index (χ3v) is 9.29. The van der Waals surface area contributed by atoms with Crippen LogP contribution in [0.5, 0.6) is 0 Å². The average molecular weight is 429 g/mol. The van der Waals surface area contributed by atoms with Crippen LogP contribution in [0, 0.1) is 0 Å². The molecule has 5 heteroatoms. The number of hydrogen-bond donors (Lipinski definition) is 1. The predicted molar refractivity (Wildman–Crippen MR) is 117 cm³/mol. The summed E-state index contributed by atoms with van der Waals surface area (Å²) < 4.78 is 5.06. The summed E-state index contributed by atoms with van der Waals surface area (Å²) in [7, 11) is -2.14. The van der Waals surface area contributed by atoms with Crippen LogP contribution in [0.2, 0.25) is 0 Å². The van der Waals surface area contributed by atoms with Crippen molar-refractivity contribution in [3.8, 4) is 0 Å². The summed E-state index contributed by atoms with van der Waals surface area (Å²) in [6, 6.07) is 31.0. The lowest BCUT2D eigenvalue weighted by Gasteiger charge is -2.29. The predicted octanol–water partition coefficient (Wildman–Crippen LogP) is 0.299. The van der Waals surface area contributed by atoms with Crippen LogP contribution in [0.3, 0.4) is 0 Å². The lowest BCUT2D eigenvalue weighted by atomic mass is 10.3. The SMILES string of the molecule is CCOC(=O)CC(O)C[P+](c1ccccc1)(c1ccccc1)c1ccccc1.[Cl-]. The summed E-state index contributed by atoms with van der Waals surface area (Å²) in [6.07, 6.45) is -0.292. The van der Waals surface area contributed by atoms with Crippen LogP contribution < -0.4 is 28.3 Å². The fourth-order valence-corrected chi connectivity index (χ4v) is 7.94. The van der Waals surface area contributed by atoms with Gasteiger partial charge in [0.05, 0.1) is 19.1 Å². The molecule has 0 radical (unpaired) electrons. The second-order valence-corrected chi connectivity index (χ2v) is 10.2. The van der Waals surface area contributed by atoms with Gasteiger partial charge in [0.2, 0.25) is 0 Å². The standard InChI is InChI=1S/C24H26O3P.ClH/c1-2-27-24(26)18-20(25)19-28(21-12-6-3-7-13-21,22-14-8-4-9-15-22)23-16-10-5-11-17-23;/h3-17,20,25H,2,18-19H2,1H3;1H/q+1;/p-1. The maximum atomic E-state index is 12.0. The van der Waals surface area contributed by atoms with Crippen LogP contribution in [-0.4, -0.2) is 29.9 Å². The highest BCUT2D eigenvalue weighted by molar-refractivity contribution is 7.95. The molecule has 3 nitrogen and oxygen atoms in total. The van der Waals surface area contributed by atoms with E-state index in [1.807, 2.05) is 54.6 Å². The van der Waals surface area contributed by atoms with E-state index in [2.05, 4.69) is 36.4 Å². The summed E-state index contributed by atoms with van der Waals surface area (Å²) in [5, 5.41) is 14.5. The van der Waals surface area contributed by atoms with Crippen LogP contribution in [0.15, 0.2) is 91.0 Å². The number of carbonyl (C=O) groups excluding carboxylic acids is 1. The van der Waals surface area contributed by atoms with Crippen molar-refractivity contribution in [1.29, 1.82) is 0 Å². The van der Waals surface area contributed by atoms with E-state index in [1.54, 1.807) is 6.92 Å². The first kappa shape index (κ1) is 23.1. The number of esters is 1. The molecule has 3 aromatic rings. The molecule has 0 heterocycles. The number of ether oxygens (including phenoxy) is 1. The van der Waals surface area contributed by atoms with E-state index in [4.69, 9.17) is 4.74 Å². The van der Waals surface area contributed by atoms with Gasteiger partial charge in [-0.15, -0.1) is 0 Å². The lowest BCUT2D eigenvalue weighted by Crippen LogP contribution is -3.00. The molecule has 1 N–H and O–H groups in total. The van der Waals surface area contributed by atoms with E-state index in [0.717, 1.165) is 0 Å². The van der Waals surface area contributed by atoms with E-state index in [9.17, 15) is 9.90 Å². The first-order valence-electron chi connectivity index (χ1n) is 9.55. The second-order valence-electron chi connectivity index (χ2n) is 6.66. The van der Waals surface area contributed by atoms with Gasteiger partial charge in [-0.2, -0.15) is 0 Å². The average Bonchev–Trinajstić information content (AvgIpc) is 2.74. The van der Waals surface area contributed by atoms with Crippen molar-refractivity contribution in [2.45, 2.75) is 19.4 Å². The van der Waals surface area contributed by atoms with E-state index in [0.29, 0.717) is 12.8 Å². The van der Waals surface area contributed by atoms with Crippen molar-refractivity contribution in [3.63, 3.8) is 0 Å². The fourth-order valence-electron chi connectivity index (χ4n) is 3.60. The summed E-state index contributed by atoms with van der Waals surface area (Å²) in [5.74, 6) is -0.359. The summed E-state index contributed by atoms with van der Waals surface area (Å²) >= 11 is 0. The molecular formula is C24H26ClO3P. The molecule has 152 valence electrons. The second kappa shape index (κ2) is 11.1. The monoisotopic (exact) mass is 428 g/mol. The van der Waals surface area contributed by atoms with Gasteiger partial charge in [0.25, 0.3) is 0 Å². The molecule has 0 aromatic heterocycles. The molecule has 1 atom stereocenters. The summed E-state index contributed by atoms with van der Waals surface area (Å²) in [5.41, 5.74) is 0. The number of carbonyl (C=O) groups is 1. The van der Waals surface area contributed by atoms with Crippen molar-refractivity contribution in [2.75, 3.05) is 12.8 Å². The number of benzene rings is 3. The van der Waals surface area contributed by atoms with Crippen molar-refractivity contribution in [2.24, 2.45) is 0 Å². The quantitative estimate of drug-likeness (QED) is 0.414. The molecule has 0 spiro atoms. The molecule has 0 amide bonds. The zero-order chi connectivity index (χ0) is 19.8. The van der Waals surface area contributed by atoms with Crippen molar-refractivity contribution in [3.05, 3.63) is 91.0 Å². The fraction of sp³-hybridized carbons (Fsp3) is 0.208. The zero-order valence-electron chi connectivity index (χ0n) is 16.4. The Morgan fingerprint density at radius 2 is 1.21 bits per heavy atom. The Morgan fingerprint density at radius 1 is 0.828 bits per heavy atom. The smallest absolute Gasteiger partial charge is 0.308 e. The molecule has 0 aliphatic rings. The molecule has 0 fully saturated rings. The minimum atomic E-state index is -2.14. The normalized spacial score (nSPS) is 11.9. The molecule has 3 rings (SSSR count). The molecule has 0 bridgehead atoms. The van der Waals surface area contributed by atoms with Gasteiger partial charge in [0, 0.05) is 0 Å². The zero-order valence-corrected chi connectivity index (χ0v) is 18.1. The largest absolute Gasteiger partial charge is 1.00 e. The number of aliphatic hydroxyl groups is 1. The van der Waals surface area contributed by atoms with Crippen molar-refractivity contribution < 1.29 is 27.0 Å². The highest BCUT2D eigenvalue weighted by Crippen LogP contribution is 2.55. The van der Waals surface area contributed by atoms with Crippen LogP contribution in [0.4, 0.5) is 0 Å². The Bertz CT molecular complexity index is 776. The number of aliphatic hydroxyl groups excluding tert-OH is 1. The molecule has 29 heavy (non-hydrogen) atoms. The minimum absolute atomic E-state index is 0. The van der Waals surface area contributed by atoms with Gasteiger partial charge in [-0.05, 0) is 43.3 Å². The van der Waals surface area contributed by atoms with Gasteiger partial charge < -0.3 is 22.3 Å². The molecule has 1 unspecified atom stereocenters. The highest BCUT2D eigenvalue weighted by atomic mass is 35.5. The number of rotatable bonds is 8. The lowest BCUT2D eigenvalue weighted by molar-refractivity contribution is -0.145. The number of halogens is 1. The van der Waals surface area contributed by atoms with Gasteiger partial charge in [-0.1, -0.05) is 54.6 Å². The molecular weight excluding hydrogens is 403 g/mol. The van der Waals surface area contributed by atoms with E-state index in [1.165, 1.54) is 15.9 Å². The Balaban J connectivity index is 0.00000300. The minimum Gasteiger partial charge on any atom is -1.00 e. The highest BCUT2D eigenvalue weighted by Gasteiger charge is 2.47. The molecule has 0 aliphatic carbocycles. The summed E-state index contributed by atoms with van der Waals surface area (Å²) in [6.45, 7) is 2.10. The molecule has 0 aliphatic heterocycles. The van der Waals surface area contributed by atoms with Gasteiger partial charge in [-0.25, -0.2) is 0 Å². The van der Waals surface area contributed by atoms with Gasteiger partial charge in [0.15, 0.2) is 0 Å². The maximum absolute atomic E-state index is 12.0. The topological polar surface area (TPSA) is 46.5 Å². The third kappa shape index (κ3) is 5.45. The van der Waals surface area contributed by atoms with Crippen molar-refractivity contribution >= 4 is 29.1 Å². The van der Waals surface area contributed by atoms with Crippen LogP contribution in [0.1, 0.15) is 13.3 Å². The molecule has 0 saturated heterocycles. The number of hydrogen-bond acceptors (Lipinski definition) is 3. The van der Waals surface area contributed by atoms with Crippen LogP contribution in [0.25, 0.3) is 0 Å². The molecule has 0 saturated carbocycles. The van der Waals surface area contributed by atoms with Gasteiger partial charge in [-0.3, -0.25) is 4.79 Å². The summed E-state index contributed by atoms with van der Waals surface area (Å²) in [4.78, 5) is 12.0. The Labute approximate surface area is 179 Å². The van der Waals surface area contributed by atoms with E-state index in [-0.39, 0.29) is 24.8 Å². The van der Waals surface area contributed by atoms with Crippen LogP contribution >= 0.6 is 7.26 Å². The van der Waals surface area contributed by atoms with E-state index >= 15 is 0 Å². The Hall–Kier alpha value is -2.19. The Morgan fingerprint density at radius 3 is 1.55 bits per heavy atom. The van der Waals surface area contributed by atoms with Gasteiger partial charge in [0.1, 0.15) is 29.3 Å². The molecule has 3 aromatic carbocycles. The first-order chi connectivity index (χ1) is 13.7. The maximum Gasteiger partial charge on any atom is 0.308 e. The van der Waals surface area contributed by atoms with Crippen LogP contribution in [-0.2, 0) is 9.53 Å². The first-order valence-corrected chi connectivity index (χ1v) is 11.5. The van der Waals surface area contributed by atoms with E-state index < -0.39 is 13.4 Å². The van der Waals surface area contributed by atoms with Crippen molar-refractivity contribution in [1.82, 2.24) is 0 Å². The third-order valence-electron chi connectivity index (χ3n) is 4.78. The van der Waals surface area contributed by atoms with Gasteiger partial charge >= 0.3 is 5.97 Å². The Kier molecular flexibility index (Phi) is 8.85.